The van der Waals surface area contributed by atoms with E-state index < -0.39 is 0 Å². The summed E-state index contributed by atoms with van der Waals surface area (Å²) >= 11 is 0. The van der Waals surface area contributed by atoms with Crippen LogP contribution in [0.15, 0.2) is 47.4 Å². The number of carbonyl (C=O) groups is 1. The Labute approximate surface area is 134 Å². The van der Waals surface area contributed by atoms with Gasteiger partial charge in [-0.2, -0.15) is 0 Å². The third kappa shape index (κ3) is 3.43. The number of aryl methyl sites for hydroxylation is 1. The molecule has 120 valence electrons. The third-order valence-electron chi connectivity index (χ3n) is 3.81. The van der Waals surface area contributed by atoms with Crippen LogP contribution in [-0.2, 0) is 11.8 Å². The van der Waals surface area contributed by atoms with Gasteiger partial charge in [0.2, 0.25) is 0 Å². The number of morpholine rings is 1. The van der Waals surface area contributed by atoms with Gasteiger partial charge < -0.3 is 19.5 Å². The van der Waals surface area contributed by atoms with Crippen LogP contribution in [0.4, 0.5) is 11.4 Å². The molecule has 2 aromatic rings. The summed E-state index contributed by atoms with van der Waals surface area (Å²) in [6.07, 6.45) is 1.63. The zero-order valence-electron chi connectivity index (χ0n) is 13.0. The van der Waals surface area contributed by atoms with E-state index >= 15 is 0 Å². The van der Waals surface area contributed by atoms with E-state index in [-0.39, 0.29) is 11.5 Å². The molecule has 1 amide bonds. The average Bonchev–Trinajstić information content (AvgIpc) is 2.59. The van der Waals surface area contributed by atoms with Crippen molar-refractivity contribution >= 4 is 17.3 Å². The lowest BCUT2D eigenvalue weighted by Gasteiger charge is -2.28. The van der Waals surface area contributed by atoms with Gasteiger partial charge in [-0.15, -0.1) is 0 Å². The summed E-state index contributed by atoms with van der Waals surface area (Å²) in [5.74, 6) is -0.197. The van der Waals surface area contributed by atoms with Gasteiger partial charge in [0, 0.05) is 31.9 Å². The van der Waals surface area contributed by atoms with Crippen molar-refractivity contribution in [1.82, 2.24) is 4.57 Å². The van der Waals surface area contributed by atoms with Crippen LogP contribution in [0.2, 0.25) is 0 Å². The quantitative estimate of drug-likeness (QED) is 0.932. The number of nitrogens with one attached hydrogen (secondary N) is 1. The van der Waals surface area contributed by atoms with Gasteiger partial charge in [-0.05, 0) is 18.2 Å². The first-order chi connectivity index (χ1) is 11.1. The molecule has 0 unspecified atom stereocenters. The van der Waals surface area contributed by atoms with Crippen LogP contribution in [0.5, 0.6) is 0 Å². The lowest BCUT2D eigenvalue weighted by Crippen LogP contribution is -2.40. The molecular weight excluding hydrogens is 294 g/mol. The average molecular weight is 313 g/mol. The predicted molar refractivity (Wildman–Crippen MR) is 89.1 cm³/mol. The topological polar surface area (TPSA) is 63.6 Å². The third-order valence-corrected chi connectivity index (χ3v) is 3.81. The van der Waals surface area contributed by atoms with E-state index in [4.69, 9.17) is 4.74 Å². The van der Waals surface area contributed by atoms with Crippen LogP contribution in [0.3, 0.4) is 0 Å². The lowest BCUT2D eigenvalue weighted by molar-refractivity contribution is 0.102. The molecule has 6 heteroatoms. The number of aromatic nitrogens is 1. The molecule has 2 heterocycles. The van der Waals surface area contributed by atoms with Crippen molar-refractivity contribution in [3.8, 4) is 0 Å². The smallest absolute Gasteiger partial charge is 0.273 e. The van der Waals surface area contributed by atoms with Gasteiger partial charge in [0.1, 0.15) is 5.69 Å². The fourth-order valence-electron chi connectivity index (χ4n) is 2.59. The van der Waals surface area contributed by atoms with Gasteiger partial charge in [-0.25, -0.2) is 0 Å². The van der Waals surface area contributed by atoms with Crippen LogP contribution < -0.4 is 15.8 Å². The monoisotopic (exact) mass is 313 g/mol. The van der Waals surface area contributed by atoms with E-state index in [9.17, 15) is 9.59 Å². The maximum Gasteiger partial charge on any atom is 0.273 e. The Morgan fingerprint density at radius 3 is 2.57 bits per heavy atom. The van der Waals surface area contributed by atoms with Crippen LogP contribution in [-0.4, -0.2) is 36.8 Å². The highest BCUT2D eigenvalue weighted by Crippen LogP contribution is 2.17. The Hall–Kier alpha value is -2.60. The molecule has 3 rings (SSSR count). The molecular formula is C17H19N3O3. The predicted octanol–water partition coefficient (Wildman–Crippen LogP) is 1.47. The van der Waals surface area contributed by atoms with Crippen LogP contribution in [0, 0.1) is 0 Å². The van der Waals surface area contributed by atoms with Gasteiger partial charge in [0.25, 0.3) is 11.5 Å². The summed E-state index contributed by atoms with van der Waals surface area (Å²) in [4.78, 5) is 26.6. The summed E-state index contributed by atoms with van der Waals surface area (Å²) < 4.78 is 6.82. The number of hydrogen-bond acceptors (Lipinski definition) is 4. The van der Waals surface area contributed by atoms with Crippen LogP contribution in [0.1, 0.15) is 10.4 Å². The molecule has 1 aliphatic rings. The second-order valence-corrected chi connectivity index (χ2v) is 5.45. The van der Waals surface area contributed by atoms with Crippen molar-refractivity contribution in [2.75, 3.05) is 36.5 Å². The number of benzene rings is 1. The van der Waals surface area contributed by atoms with E-state index in [2.05, 4.69) is 5.32 Å². The number of carbonyl (C=O) groups excluding carboxylic acids is 1. The first kappa shape index (κ1) is 15.3. The van der Waals surface area contributed by atoms with Crippen LogP contribution >= 0.6 is 0 Å². The first-order valence-corrected chi connectivity index (χ1v) is 7.55. The van der Waals surface area contributed by atoms with Crippen molar-refractivity contribution < 1.29 is 9.53 Å². The molecule has 1 saturated heterocycles. The highest BCUT2D eigenvalue weighted by atomic mass is 16.5. The molecule has 0 bridgehead atoms. The molecule has 0 saturated carbocycles. The number of nitrogens with zero attached hydrogens (tertiary/aromatic N) is 2. The molecule has 0 spiro atoms. The van der Waals surface area contributed by atoms with Gasteiger partial charge in [-0.1, -0.05) is 18.2 Å². The van der Waals surface area contributed by atoms with Gasteiger partial charge in [-0.3, -0.25) is 9.59 Å². The van der Waals surface area contributed by atoms with Crippen LogP contribution in [0.25, 0.3) is 0 Å². The van der Waals surface area contributed by atoms with E-state index in [1.54, 1.807) is 31.4 Å². The highest BCUT2D eigenvalue weighted by molar-refractivity contribution is 6.04. The normalized spacial score (nSPS) is 14.6. The second-order valence-electron chi connectivity index (χ2n) is 5.45. The maximum atomic E-state index is 12.3. The first-order valence-electron chi connectivity index (χ1n) is 7.55. The number of anilines is 2. The minimum absolute atomic E-state index is 0.0791. The molecule has 0 radical (unpaired) electrons. The molecule has 0 atom stereocenters. The zero-order chi connectivity index (χ0) is 16.2. The molecule has 1 aliphatic heterocycles. The largest absolute Gasteiger partial charge is 0.378 e. The van der Waals surface area contributed by atoms with E-state index in [1.807, 2.05) is 23.1 Å². The molecule has 0 aliphatic carbocycles. The summed E-state index contributed by atoms with van der Waals surface area (Å²) in [7, 11) is 1.68. The van der Waals surface area contributed by atoms with Crippen molar-refractivity contribution in [1.29, 1.82) is 0 Å². The second kappa shape index (κ2) is 6.66. The molecule has 1 aromatic carbocycles. The molecule has 1 N–H and O–H groups in total. The maximum absolute atomic E-state index is 12.3. The Balaban J connectivity index is 1.86. The fraction of sp³-hybridized carbons (Fsp3) is 0.294. The van der Waals surface area contributed by atoms with Gasteiger partial charge in [0.05, 0.1) is 18.9 Å². The fourth-order valence-corrected chi connectivity index (χ4v) is 2.59. The van der Waals surface area contributed by atoms with E-state index in [0.29, 0.717) is 43.2 Å². The summed E-state index contributed by atoms with van der Waals surface area (Å²) in [6.45, 7) is 2.55. The molecule has 23 heavy (non-hydrogen) atoms. The Kier molecular flexibility index (Phi) is 4.43. The number of hydrogen-bond donors (Lipinski definition) is 1. The summed E-state index contributed by atoms with van der Waals surface area (Å²) in [5, 5.41) is 2.85. The number of ether oxygens (including phenoxy) is 1. The minimum Gasteiger partial charge on any atom is -0.378 e. The van der Waals surface area contributed by atoms with Gasteiger partial charge >= 0.3 is 0 Å². The zero-order valence-corrected chi connectivity index (χ0v) is 13.0. The molecule has 1 fully saturated rings. The minimum atomic E-state index is -0.197. The number of pyridine rings is 1. The summed E-state index contributed by atoms with van der Waals surface area (Å²) in [6, 6.07) is 10.7. The molecule has 1 aromatic heterocycles. The number of rotatable bonds is 3. The molecule has 6 nitrogen and oxygen atoms in total. The Bertz CT molecular complexity index is 749. The van der Waals surface area contributed by atoms with E-state index in [0.717, 1.165) is 0 Å². The standard InChI is InChI=1S/C17H19N3O3/c1-19-12-14(18-16(21)13-5-3-2-4-6-13)11-15(17(19)22)20-7-9-23-10-8-20/h2-6,11-12H,7-10H2,1H3,(H,18,21). The summed E-state index contributed by atoms with van der Waals surface area (Å²) in [5.41, 5.74) is 1.68. The number of amides is 1. The Morgan fingerprint density at radius 2 is 1.87 bits per heavy atom. The van der Waals surface area contributed by atoms with Gasteiger partial charge in [0.15, 0.2) is 0 Å². The van der Waals surface area contributed by atoms with Crippen molar-refractivity contribution in [3.05, 3.63) is 58.5 Å². The Morgan fingerprint density at radius 1 is 1.17 bits per heavy atom. The lowest BCUT2D eigenvalue weighted by atomic mass is 10.2. The highest BCUT2D eigenvalue weighted by Gasteiger charge is 2.17. The van der Waals surface area contributed by atoms with Crippen molar-refractivity contribution in [2.24, 2.45) is 7.05 Å². The SMILES string of the molecule is Cn1cc(NC(=O)c2ccccc2)cc(N2CCOCC2)c1=O. The van der Waals surface area contributed by atoms with Crippen molar-refractivity contribution in [2.45, 2.75) is 0 Å². The van der Waals surface area contributed by atoms with Crippen molar-refractivity contribution in [3.63, 3.8) is 0 Å². The van der Waals surface area contributed by atoms with E-state index in [1.165, 1.54) is 4.57 Å².